The van der Waals surface area contributed by atoms with Gasteiger partial charge in [-0.2, -0.15) is 18.2 Å². The molecule has 0 unspecified atom stereocenters. The normalized spacial score (nSPS) is 11.6. The van der Waals surface area contributed by atoms with Crippen LogP contribution in [0.5, 0.6) is 0 Å². The molecule has 0 aliphatic carbocycles. The maximum Gasteiger partial charge on any atom is 0.421 e. The van der Waals surface area contributed by atoms with Gasteiger partial charge >= 0.3 is 6.18 Å². The van der Waals surface area contributed by atoms with Gasteiger partial charge < -0.3 is 16.0 Å². The molecule has 0 spiro atoms. The van der Waals surface area contributed by atoms with Gasteiger partial charge in [0.25, 0.3) is 5.91 Å². The van der Waals surface area contributed by atoms with Crippen molar-refractivity contribution in [2.24, 2.45) is 0 Å². The molecule has 0 atom stereocenters. The predicted molar refractivity (Wildman–Crippen MR) is 134 cm³/mol. The molecule has 0 saturated heterocycles. The minimum absolute atomic E-state index is 0.0162. The number of nitrogens with one attached hydrogen (secondary N) is 4. The number of halogens is 3. The fourth-order valence-electron chi connectivity index (χ4n) is 3.10. The zero-order chi connectivity index (χ0) is 27.2. The van der Waals surface area contributed by atoms with E-state index in [9.17, 15) is 26.4 Å². The zero-order valence-corrected chi connectivity index (χ0v) is 21.1. The van der Waals surface area contributed by atoms with Gasteiger partial charge in [0.1, 0.15) is 17.2 Å². The lowest BCUT2D eigenvalue weighted by Crippen LogP contribution is -2.22. The number of amides is 1. The van der Waals surface area contributed by atoms with Crippen molar-refractivity contribution in [2.75, 3.05) is 27.7 Å². The van der Waals surface area contributed by atoms with E-state index in [1.165, 1.54) is 6.92 Å². The summed E-state index contributed by atoms with van der Waals surface area (Å²) in [5.41, 5.74) is 0.632. The van der Waals surface area contributed by atoms with E-state index in [2.05, 4.69) is 35.6 Å². The number of sulfonamides is 1. The molecule has 0 bridgehead atoms. The molecule has 1 amide bonds. The van der Waals surface area contributed by atoms with E-state index in [-0.39, 0.29) is 30.0 Å². The summed E-state index contributed by atoms with van der Waals surface area (Å²) in [4.78, 5) is 23.8. The van der Waals surface area contributed by atoms with E-state index in [4.69, 9.17) is 0 Å². The molecule has 3 aromatic rings. The molecule has 14 heteroatoms. The number of benzene rings is 1. The third-order valence-corrected chi connectivity index (χ3v) is 6.30. The van der Waals surface area contributed by atoms with Crippen LogP contribution >= 0.6 is 0 Å². The third kappa shape index (κ3) is 7.52. The van der Waals surface area contributed by atoms with Crippen molar-refractivity contribution in [1.82, 2.24) is 20.3 Å². The molecular formula is C23H26F3N7O3S. The average Bonchev–Trinajstić information content (AvgIpc) is 2.83. The molecule has 198 valence electrons. The van der Waals surface area contributed by atoms with Crippen molar-refractivity contribution < 1.29 is 26.4 Å². The largest absolute Gasteiger partial charge is 0.421 e. The van der Waals surface area contributed by atoms with E-state index >= 15 is 0 Å². The Bertz CT molecular complexity index is 1360. The summed E-state index contributed by atoms with van der Waals surface area (Å²) in [6, 6.07) is 9.43. The molecule has 1 aromatic carbocycles. The van der Waals surface area contributed by atoms with Crippen LogP contribution < -0.4 is 20.7 Å². The Morgan fingerprint density at radius 1 is 1.00 bits per heavy atom. The van der Waals surface area contributed by atoms with E-state index in [1.54, 1.807) is 50.2 Å². The quantitative estimate of drug-likeness (QED) is 0.304. The SMILES string of the molecule is CCNC(=O)c1ccc(Nc2ncc(C(F)(F)F)c(NCc3ccc(C)nc3NS(=O)(=O)CC)n2)cc1. The number of aryl methyl sites for hydroxylation is 1. The van der Waals surface area contributed by atoms with Gasteiger partial charge in [0.2, 0.25) is 16.0 Å². The molecule has 0 aliphatic heterocycles. The number of alkyl halides is 3. The average molecular weight is 538 g/mol. The van der Waals surface area contributed by atoms with Gasteiger partial charge in [-0.15, -0.1) is 0 Å². The van der Waals surface area contributed by atoms with Crippen molar-refractivity contribution >= 4 is 39.2 Å². The molecule has 3 rings (SSSR count). The molecule has 0 aliphatic rings. The lowest BCUT2D eigenvalue weighted by atomic mass is 10.2. The first-order valence-corrected chi connectivity index (χ1v) is 12.9. The molecule has 10 nitrogen and oxygen atoms in total. The number of aromatic nitrogens is 3. The summed E-state index contributed by atoms with van der Waals surface area (Å²) >= 11 is 0. The summed E-state index contributed by atoms with van der Waals surface area (Å²) in [5, 5.41) is 8.10. The maximum atomic E-state index is 13.6. The second kappa shape index (κ2) is 11.4. The monoisotopic (exact) mass is 537 g/mol. The lowest BCUT2D eigenvalue weighted by molar-refractivity contribution is -0.137. The first-order valence-electron chi connectivity index (χ1n) is 11.2. The Balaban J connectivity index is 1.86. The Hall–Kier alpha value is -3.94. The van der Waals surface area contributed by atoms with Crippen LogP contribution in [0.1, 0.15) is 41.0 Å². The van der Waals surface area contributed by atoms with Crippen LogP contribution in [0.2, 0.25) is 0 Å². The van der Waals surface area contributed by atoms with Crippen LogP contribution in [0.25, 0.3) is 0 Å². The van der Waals surface area contributed by atoms with Gasteiger partial charge in [0.15, 0.2) is 0 Å². The molecule has 0 fully saturated rings. The zero-order valence-electron chi connectivity index (χ0n) is 20.3. The van der Waals surface area contributed by atoms with Crippen LogP contribution in [-0.2, 0) is 22.7 Å². The van der Waals surface area contributed by atoms with E-state index in [1.807, 2.05) is 0 Å². The second-order valence-corrected chi connectivity index (χ2v) is 9.85. The van der Waals surface area contributed by atoms with E-state index < -0.39 is 27.6 Å². The summed E-state index contributed by atoms with van der Waals surface area (Å²) in [7, 11) is -3.66. The number of carbonyl (C=O) groups excluding carboxylic acids is 1. The lowest BCUT2D eigenvalue weighted by Gasteiger charge is -2.16. The van der Waals surface area contributed by atoms with Crippen LogP contribution in [0.4, 0.5) is 36.4 Å². The minimum atomic E-state index is -4.74. The van der Waals surface area contributed by atoms with Crippen LogP contribution in [-0.4, -0.2) is 41.6 Å². The highest BCUT2D eigenvalue weighted by atomic mass is 32.2. The topological polar surface area (TPSA) is 138 Å². The molecule has 2 aromatic heterocycles. The second-order valence-electron chi connectivity index (χ2n) is 7.83. The molecular weight excluding hydrogens is 511 g/mol. The number of hydrogen-bond acceptors (Lipinski definition) is 8. The highest BCUT2D eigenvalue weighted by Crippen LogP contribution is 2.34. The number of carbonyl (C=O) groups is 1. The number of pyridine rings is 1. The van der Waals surface area contributed by atoms with Crippen LogP contribution in [0.15, 0.2) is 42.6 Å². The van der Waals surface area contributed by atoms with Crippen LogP contribution in [0.3, 0.4) is 0 Å². The van der Waals surface area contributed by atoms with Crippen molar-refractivity contribution in [3.8, 4) is 0 Å². The predicted octanol–water partition coefficient (Wildman–Crippen LogP) is 4.07. The number of rotatable bonds is 10. The molecule has 2 heterocycles. The third-order valence-electron chi connectivity index (χ3n) is 5.03. The van der Waals surface area contributed by atoms with Crippen molar-refractivity contribution in [3.05, 3.63) is 65.0 Å². The Morgan fingerprint density at radius 3 is 2.32 bits per heavy atom. The van der Waals surface area contributed by atoms with Crippen molar-refractivity contribution in [1.29, 1.82) is 0 Å². The fourth-order valence-corrected chi connectivity index (χ4v) is 3.71. The van der Waals surface area contributed by atoms with E-state index in [0.29, 0.717) is 35.2 Å². The molecule has 4 N–H and O–H groups in total. The van der Waals surface area contributed by atoms with Gasteiger partial charge in [-0.25, -0.2) is 18.4 Å². The van der Waals surface area contributed by atoms with Crippen molar-refractivity contribution in [3.63, 3.8) is 0 Å². The summed E-state index contributed by atoms with van der Waals surface area (Å²) in [6.45, 7) is 5.18. The molecule has 0 radical (unpaired) electrons. The van der Waals surface area contributed by atoms with Crippen LogP contribution in [0, 0.1) is 6.92 Å². The Morgan fingerprint density at radius 2 is 1.70 bits per heavy atom. The smallest absolute Gasteiger partial charge is 0.365 e. The highest BCUT2D eigenvalue weighted by molar-refractivity contribution is 7.92. The fraction of sp³-hybridized carbons (Fsp3) is 0.304. The van der Waals surface area contributed by atoms with Crippen molar-refractivity contribution in [2.45, 2.75) is 33.5 Å². The Kier molecular flexibility index (Phi) is 8.53. The summed E-state index contributed by atoms with van der Waals surface area (Å²) in [6.07, 6.45) is -4.10. The van der Waals surface area contributed by atoms with E-state index in [0.717, 1.165) is 0 Å². The highest BCUT2D eigenvalue weighted by Gasteiger charge is 2.35. The molecule has 0 saturated carbocycles. The van der Waals surface area contributed by atoms with Gasteiger partial charge in [-0.1, -0.05) is 6.07 Å². The van der Waals surface area contributed by atoms with Gasteiger partial charge in [-0.05, 0) is 51.1 Å². The number of hydrogen-bond donors (Lipinski definition) is 4. The minimum Gasteiger partial charge on any atom is -0.365 e. The molecule has 37 heavy (non-hydrogen) atoms. The maximum absolute atomic E-state index is 13.6. The summed E-state index contributed by atoms with van der Waals surface area (Å²) in [5.74, 6) is -1.05. The number of nitrogens with zero attached hydrogens (tertiary/aromatic N) is 3. The number of anilines is 4. The Labute approximate surface area is 212 Å². The van der Waals surface area contributed by atoms with Gasteiger partial charge in [0.05, 0.1) is 5.75 Å². The summed E-state index contributed by atoms with van der Waals surface area (Å²) < 4.78 is 67.3. The van der Waals surface area contributed by atoms with Gasteiger partial charge in [0, 0.05) is 41.8 Å². The first kappa shape index (κ1) is 27.6. The standard InChI is InChI=1S/C23H26F3N7O3S/c1-4-27-21(34)15-8-10-17(11-9-15)31-22-29-13-18(23(24,25)26)20(32-22)28-12-16-7-6-14(3)30-19(16)33-37(35,36)5-2/h6-11,13H,4-5,12H2,1-3H3,(H,27,34)(H,30,33)(H2,28,29,31,32). The first-order chi connectivity index (χ1) is 17.4. The van der Waals surface area contributed by atoms with Gasteiger partial charge in [-0.3, -0.25) is 9.52 Å².